The van der Waals surface area contributed by atoms with Crippen LogP contribution in [0.15, 0.2) is 61.2 Å². The van der Waals surface area contributed by atoms with Gasteiger partial charge in [-0.05, 0) is 43.2 Å². The second-order valence-electron chi connectivity index (χ2n) is 6.75. The molecule has 2 aromatic heterocycles. The fourth-order valence-corrected chi connectivity index (χ4v) is 3.50. The number of nitrogens with zero attached hydrogens (tertiary/aromatic N) is 5. The smallest absolute Gasteiger partial charge is 0.247 e. The Morgan fingerprint density at radius 3 is 2.75 bits per heavy atom. The van der Waals surface area contributed by atoms with Crippen molar-refractivity contribution in [1.82, 2.24) is 24.5 Å². The molecule has 1 aliphatic rings. The Labute approximate surface area is 162 Å². The number of carbonyl (C=O) groups is 2. The number of rotatable bonds is 6. The molecule has 3 aromatic rings. The van der Waals surface area contributed by atoms with Crippen LogP contribution in [0.5, 0.6) is 0 Å². The number of aryl methyl sites for hydroxylation is 1. The van der Waals surface area contributed by atoms with Crippen molar-refractivity contribution >= 4 is 17.5 Å². The van der Waals surface area contributed by atoms with E-state index >= 15 is 0 Å². The first-order valence-corrected chi connectivity index (χ1v) is 9.38. The maximum atomic E-state index is 12.8. The molecule has 4 rings (SSSR count). The van der Waals surface area contributed by atoms with Gasteiger partial charge in [0.2, 0.25) is 11.8 Å². The van der Waals surface area contributed by atoms with Crippen molar-refractivity contribution in [2.24, 2.45) is 0 Å². The zero-order chi connectivity index (χ0) is 19.3. The minimum absolute atomic E-state index is 0.0153. The van der Waals surface area contributed by atoms with Crippen molar-refractivity contribution in [3.05, 3.63) is 61.2 Å². The first-order chi connectivity index (χ1) is 13.7. The van der Waals surface area contributed by atoms with Crippen LogP contribution in [0.4, 0.5) is 5.69 Å². The molecule has 0 radical (unpaired) electrons. The van der Waals surface area contributed by atoms with E-state index in [0.717, 1.165) is 12.1 Å². The summed E-state index contributed by atoms with van der Waals surface area (Å²) in [6, 6.07) is 10.7. The summed E-state index contributed by atoms with van der Waals surface area (Å²) >= 11 is 0. The summed E-state index contributed by atoms with van der Waals surface area (Å²) in [7, 11) is 0. The third-order valence-corrected chi connectivity index (χ3v) is 4.87. The van der Waals surface area contributed by atoms with Gasteiger partial charge in [-0.3, -0.25) is 14.3 Å². The molecule has 0 aliphatic carbocycles. The molecular formula is C20H22N6O2. The van der Waals surface area contributed by atoms with Gasteiger partial charge in [-0.2, -0.15) is 10.2 Å². The minimum atomic E-state index is -0.432. The molecule has 28 heavy (non-hydrogen) atoms. The van der Waals surface area contributed by atoms with Crippen LogP contribution in [0.1, 0.15) is 19.3 Å². The van der Waals surface area contributed by atoms with Crippen molar-refractivity contribution in [2.45, 2.75) is 31.8 Å². The Balaban J connectivity index is 1.39. The summed E-state index contributed by atoms with van der Waals surface area (Å²) in [6.45, 7) is 1.13. The maximum absolute atomic E-state index is 12.8. The van der Waals surface area contributed by atoms with E-state index in [1.54, 1.807) is 26.7 Å². The molecule has 2 amide bonds. The summed E-state index contributed by atoms with van der Waals surface area (Å²) in [5.74, 6) is -0.166. The summed E-state index contributed by atoms with van der Waals surface area (Å²) in [6.07, 6.45) is 8.91. The molecule has 1 aromatic carbocycles. The lowest BCUT2D eigenvalue weighted by atomic mass is 10.2. The lowest BCUT2D eigenvalue weighted by molar-refractivity contribution is -0.136. The second-order valence-corrected chi connectivity index (χ2v) is 6.75. The van der Waals surface area contributed by atoms with Gasteiger partial charge in [0.05, 0.1) is 5.69 Å². The predicted octanol–water partition coefficient (Wildman–Crippen LogP) is 2.09. The minimum Gasteiger partial charge on any atom is -0.331 e. The molecule has 0 spiro atoms. The van der Waals surface area contributed by atoms with Crippen LogP contribution in [0.25, 0.3) is 5.69 Å². The van der Waals surface area contributed by atoms with Crippen molar-refractivity contribution in [3.8, 4) is 5.69 Å². The molecule has 8 heteroatoms. The van der Waals surface area contributed by atoms with Crippen LogP contribution in [0.2, 0.25) is 0 Å². The highest BCUT2D eigenvalue weighted by Gasteiger charge is 2.33. The van der Waals surface area contributed by atoms with E-state index < -0.39 is 6.04 Å². The van der Waals surface area contributed by atoms with Crippen LogP contribution in [0.3, 0.4) is 0 Å². The molecule has 1 fully saturated rings. The molecule has 1 atom stereocenters. The molecule has 0 saturated carbocycles. The average Bonchev–Trinajstić information content (AvgIpc) is 3.49. The molecule has 1 N–H and O–H groups in total. The highest BCUT2D eigenvalue weighted by molar-refractivity contribution is 5.97. The molecule has 0 bridgehead atoms. The van der Waals surface area contributed by atoms with E-state index in [-0.39, 0.29) is 11.8 Å². The van der Waals surface area contributed by atoms with Crippen LogP contribution < -0.4 is 5.32 Å². The Hall–Kier alpha value is -3.42. The second kappa shape index (κ2) is 8.08. The van der Waals surface area contributed by atoms with E-state index in [2.05, 4.69) is 15.5 Å². The maximum Gasteiger partial charge on any atom is 0.247 e. The number of hydrogen-bond donors (Lipinski definition) is 1. The van der Waals surface area contributed by atoms with Crippen molar-refractivity contribution < 1.29 is 9.59 Å². The van der Waals surface area contributed by atoms with Crippen LogP contribution in [0, 0.1) is 0 Å². The number of hydrogen-bond acceptors (Lipinski definition) is 4. The van der Waals surface area contributed by atoms with Gasteiger partial charge in [-0.25, -0.2) is 4.68 Å². The lowest BCUT2D eigenvalue weighted by Crippen LogP contribution is -2.43. The third-order valence-electron chi connectivity index (χ3n) is 4.87. The van der Waals surface area contributed by atoms with Gasteiger partial charge in [0.25, 0.3) is 0 Å². The summed E-state index contributed by atoms with van der Waals surface area (Å²) in [4.78, 5) is 27.1. The van der Waals surface area contributed by atoms with Gasteiger partial charge < -0.3 is 10.2 Å². The zero-order valence-electron chi connectivity index (χ0n) is 15.4. The molecule has 8 nitrogen and oxygen atoms in total. The van der Waals surface area contributed by atoms with Crippen LogP contribution >= 0.6 is 0 Å². The standard InChI is InChI=1S/C20H22N6O2/c27-19(8-14-24-11-3-9-21-24)25-12-2-7-18(25)20(28)23-16-5-1-6-17(15-16)26-13-4-10-22-26/h1,3-6,9-11,13,15,18H,2,7-8,12,14H2,(H,23,28)/t18-/m1/s1. The number of carbonyl (C=O) groups excluding carboxylic acids is 2. The summed E-state index contributed by atoms with van der Waals surface area (Å²) in [5.41, 5.74) is 1.55. The van der Waals surface area contributed by atoms with Crippen molar-refractivity contribution in [3.63, 3.8) is 0 Å². The first kappa shape index (κ1) is 18.0. The molecular weight excluding hydrogens is 356 g/mol. The highest BCUT2D eigenvalue weighted by Crippen LogP contribution is 2.21. The number of benzene rings is 1. The Bertz CT molecular complexity index is 936. The number of aromatic nitrogens is 4. The Morgan fingerprint density at radius 1 is 1.11 bits per heavy atom. The van der Waals surface area contributed by atoms with E-state index in [0.29, 0.717) is 31.6 Å². The van der Waals surface area contributed by atoms with Crippen LogP contribution in [-0.4, -0.2) is 48.9 Å². The van der Waals surface area contributed by atoms with Gasteiger partial charge in [0.15, 0.2) is 0 Å². The fourth-order valence-electron chi connectivity index (χ4n) is 3.50. The van der Waals surface area contributed by atoms with Gasteiger partial charge in [-0.15, -0.1) is 0 Å². The summed E-state index contributed by atoms with van der Waals surface area (Å²) in [5, 5.41) is 11.3. The first-order valence-electron chi connectivity index (χ1n) is 9.38. The topological polar surface area (TPSA) is 85.0 Å². The number of likely N-dealkylation sites (tertiary alicyclic amines) is 1. The third kappa shape index (κ3) is 3.95. The SMILES string of the molecule is O=C(Nc1cccc(-n2cccn2)c1)[C@H]1CCCN1C(=O)CCn1cccn1. The van der Waals surface area contributed by atoms with E-state index in [1.165, 1.54) is 0 Å². The molecule has 3 heterocycles. The van der Waals surface area contributed by atoms with E-state index in [4.69, 9.17) is 0 Å². The van der Waals surface area contributed by atoms with Crippen LogP contribution in [-0.2, 0) is 16.1 Å². The molecule has 0 unspecified atom stereocenters. The normalized spacial score (nSPS) is 16.3. The lowest BCUT2D eigenvalue weighted by Gasteiger charge is -2.24. The average molecular weight is 378 g/mol. The van der Waals surface area contributed by atoms with E-state index in [9.17, 15) is 9.59 Å². The van der Waals surface area contributed by atoms with Gasteiger partial charge in [0, 0.05) is 50.0 Å². The number of anilines is 1. The predicted molar refractivity (Wildman–Crippen MR) is 104 cm³/mol. The highest BCUT2D eigenvalue weighted by atomic mass is 16.2. The largest absolute Gasteiger partial charge is 0.331 e. The van der Waals surface area contributed by atoms with Gasteiger partial charge >= 0.3 is 0 Å². The quantitative estimate of drug-likeness (QED) is 0.712. The van der Waals surface area contributed by atoms with Gasteiger partial charge in [-0.1, -0.05) is 6.07 Å². The monoisotopic (exact) mass is 378 g/mol. The molecule has 1 saturated heterocycles. The Morgan fingerprint density at radius 2 is 1.96 bits per heavy atom. The van der Waals surface area contributed by atoms with Crippen molar-refractivity contribution in [1.29, 1.82) is 0 Å². The summed E-state index contributed by atoms with van der Waals surface area (Å²) < 4.78 is 3.46. The Kier molecular flexibility index (Phi) is 5.18. The fraction of sp³-hybridized carbons (Fsp3) is 0.300. The van der Waals surface area contributed by atoms with E-state index in [1.807, 2.05) is 48.8 Å². The van der Waals surface area contributed by atoms with Gasteiger partial charge in [0.1, 0.15) is 6.04 Å². The molecule has 1 aliphatic heterocycles. The zero-order valence-corrected chi connectivity index (χ0v) is 15.4. The number of amides is 2. The molecule has 144 valence electrons. The van der Waals surface area contributed by atoms with Crippen molar-refractivity contribution in [2.75, 3.05) is 11.9 Å². The number of nitrogens with one attached hydrogen (secondary N) is 1.